The van der Waals surface area contributed by atoms with Crippen LogP contribution in [0, 0.1) is 0 Å². The number of nitrogens with one attached hydrogen (secondary N) is 1. The van der Waals surface area contributed by atoms with Gasteiger partial charge in [0.05, 0.1) is 11.4 Å². The number of hydrogen-bond donors (Lipinski definition) is 2. The predicted octanol–water partition coefficient (Wildman–Crippen LogP) is 3.55. The molecule has 1 fully saturated rings. The number of nitrogens with zero attached hydrogens (tertiary/aromatic N) is 6. The highest BCUT2D eigenvalue weighted by molar-refractivity contribution is 6.04. The lowest BCUT2D eigenvalue weighted by Gasteiger charge is -2.11. The summed E-state index contributed by atoms with van der Waals surface area (Å²) in [5, 5.41) is 8.53. The number of carbonyl (C=O) groups is 1. The van der Waals surface area contributed by atoms with Crippen LogP contribution in [-0.2, 0) is 6.42 Å². The summed E-state index contributed by atoms with van der Waals surface area (Å²) in [5.41, 5.74) is 10.3. The molecular formula is C25H28N8O. The molecule has 0 radical (unpaired) electrons. The maximum absolute atomic E-state index is 12.8. The Labute approximate surface area is 198 Å². The third-order valence-electron chi connectivity index (χ3n) is 6.26. The van der Waals surface area contributed by atoms with Crippen LogP contribution >= 0.6 is 0 Å². The fraction of sp³-hybridized carbons (Fsp3) is 0.320. The van der Waals surface area contributed by atoms with E-state index < -0.39 is 0 Å². The average Bonchev–Trinajstić information content (AvgIpc) is 3.44. The first-order valence-electron chi connectivity index (χ1n) is 11.6. The molecule has 5 rings (SSSR count). The number of aromatic nitrogens is 5. The Morgan fingerprint density at radius 2 is 2.00 bits per heavy atom. The number of nitrogen functional groups attached to an aromatic ring is 1. The highest BCUT2D eigenvalue weighted by Crippen LogP contribution is 2.33. The lowest BCUT2D eigenvalue weighted by Crippen LogP contribution is -2.17. The average molecular weight is 457 g/mol. The topological polar surface area (TPSA) is 115 Å². The first kappa shape index (κ1) is 22.0. The van der Waals surface area contributed by atoms with Crippen LogP contribution < -0.4 is 11.1 Å². The number of rotatable bonds is 6. The zero-order valence-electron chi connectivity index (χ0n) is 19.4. The normalized spacial score (nSPS) is 16.2. The summed E-state index contributed by atoms with van der Waals surface area (Å²) in [6, 6.07) is 11.5. The molecule has 3 N–H and O–H groups in total. The number of likely N-dealkylation sites (tertiary alicyclic amines) is 1. The first-order valence-corrected chi connectivity index (χ1v) is 11.6. The first-order chi connectivity index (χ1) is 16.5. The minimum Gasteiger partial charge on any atom is -0.383 e. The summed E-state index contributed by atoms with van der Waals surface area (Å²) in [6.45, 7) is 4.05. The lowest BCUT2D eigenvalue weighted by atomic mass is 10.1. The van der Waals surface area contributed by atoms with Gasteiger partial charge in [-0.15, -0.1) is 0 Å². The Kier molecular flexibility index (Phi) is 5.93. The molecule has 174 valence electrons. The van der Waals surface area contributed by atoms with E-state index in [0.29, 0.717) is 17.2 Å². The quantitative estimate of drug-likeness (QED) is 0.456. The Hall–Kier alpha value is -3.85. The second-order valence-corrected chi connectivity index (χ2v) is 8.79. The molecule has 9 heteroatoms. The van der Waals surface area contributed by atoms with Crippen LogP contribution in [-0.4, -0.2) is 55.7 Å². The van der Waals surface area contributed by atoms with E-state index in [0.717, 1.165) is 60.2 Å². The van der Waals surface area contributed by atoms with Crippen LogP contribution in [0.1, 0.15) is 41.7 Å². The van der Waals surface area contributed by atoms with Crippen LogP contribution in [0.25, 0.3) is 22.3 Å². The number of hydrogen-bond acceptors (Lipinski definition) is 7. The third kappa shape index (κ3) is 4.22. The lowest BCUT2D eigenvalue weighted by molar-refractivity contribution is 0.102. The molecule has 0 spiro atoms. The molecular weight excluding hydrogens is 428 g/mol. The van der Waals surface area contributed by atoms with E-state index in [9.17, 15) is 4.79 Å². The van der Waals surface area contributed by atoms with Crippen LogP contribution in [0.3, 0.4) is 0 Å². The molecule has 1 atom stereocenters. The van der Waals surface area contributed by atoms with Gasteiger partial charge in [-0.25, -0.2) is 19.6 Å². The van der Waals surface area contributed by atoms with E-state index in [2.05, 4.69) is 39.1 Å². The van der Waals surface area contributed by atoms with E-state index in [1.807, 2.05) is 28.9 Å². The van der Waals surface area contributed by atoms with Gasteiger partial charge in [0.2, 0.25) is 0 Å². The van der Waals surface area contributed by atoms with Crippen molar-refractivity contribution in [2.24, 2.45) is 0 Å². The van der Waals surface area contributed by atoms with Crippen LogP contribution in [0.4, 0.5) is 11.6 Å². The van der Waals surface area contributed by atoms with Crippen molar-refractivity contribution in [2.45, 2.75) is 32.2 Å². The Balaban J connectivity index is 1.43. The van der Waals surface area contributed by atoms with Gasteiger partial charge in [-0.05, 0) is 49.7 Å². The van der Waals surface area contributed by atoms with Crippen molar-refractivity contribution in [3.63, 3.8) is 0 Å². The van der Waals surface area contributed by atoms with Crippen molar-refractivity contribution >= 4 is 28.6 Å². The fourth-order valence-corrected chi connectivity index (χ4v) is 4.52. The number of fused-ring (bicyclic) bond motifs is 1. The fourth-order valence-electron chi connectivity index (χ4n) is 4.52. The smallest absolute Gasteiger partial charge is 0.256 e. The standard InChI is InChI=1S/C25H28N8O/c1-3-4-16-9-11-27-20(13-16)30-25(34)18-7-5-17(6-8-18)22-21-23(26)28-15-29-24(21)33(31-22)19-10-12-32(2)14-19/h5-9,11,13,15,19H,3-4,10,12,14H2,1-2H3,(H2,26,28,29)(H,27,30,34)/t19-/m1/s1. The molecule has 4 heterocycles. The number of likely N-dealkylation sites (N-methyl/N-ethyl adjacent to an activating group) is 1. The van der Waals surface area contributed by atoms with Gasteiger partial charge in [0, 0.05) is 30.4 Å². The summed E-state index contributed by atoms with van der Waals surface area (Å²) in [6.07, 6.45) is 6.19. The molecule has 1 saturated heterocycles. The summed E-state index contributed by atoms with van der Waals surface area (Å²) in [4.78, 5) is 28.0. The van der Waals surface area contributed by atoms with Gasteiger partial charge < -0.3 is 16.0 Å². The van der Waals surface area contributed by atoms with Crippen molar-refractivity contribution in [2.75, 3.05) is 31.2 Å². The summed E-state index contributed by atoms with van der Waals surface area (Å²) >= 11 is 0. The van der Waals surface area contributed by atoms with Crippen LogP contribution in [0.15, 0.2) is 48.9 Å². The van der Waals surface area contributed by atoms with Gasteiger partial charge in [-0.2, -0.15) is 5.10 Å². The highest BCUT2D eigenvalue weighted by Gasteiger charge is 2.26. The molecule has 0 bridgehead atoms. The van der Waals surface area contributed by atoms with Gasteiger partial charge in [-0.1, -0.05) is 25.5 Å². The van der Waals surface area contributed by atoms with E-state index in [-0.39, 0.29) is 11.9 Å². The van der Waals surface area contributed by atoms with Crippen LogP contribution in [0.2, 0.25) is 0 Å². The molecule has 4 aromatic rings. The number of anilines is 2. The van der Waals surface area contributed by atoms with E-state index in [4.69, 9.17) is 10.8 Å². The Morgan fingerprint density at radius 3 is 2.74 bits per heavy atom. The predicted molar refractivity (Wildman–Crippen MR) is 133 cm³/mol. The minimum absolute atomic E-state index is 0.208. The molecule has 1 aliphatic heterocycles. The minimum atomic E-state index is -0.208. The number of benzene rings is 1. The number of pyridine rings is 1. The zero-order chi connectivity index (χ0) is 23.7. The van der Waals surface area contributed by atoms with Crippen molar-refractivity contribution in [3.05, 3.63) is 60.0 Å². The molecule has 1 amide bonds. The molecule has 1 aliphatic rings. The maximum atomic E-state index is 12.8. The van der Waals surface area contributed by atoms with E-state index >= 15 is 0 Å². The monoisotopic (exact) mass is 456 g/mol. The molecule has 1 aromatic carbocycles. The van der Waals surface area contributed by atoms with Gasteiger partial charge >= 0.3 is 0 Å². The highest BCUT2D eigenvalue weighted by atomic mass is 16.1. The van der Waals surface area contributed by atoms with Gasteiger partial charge in [0.15, 0.2) is 5.65 Å². The number of carbonyl (C=O) groups excluding carboxylic acids is 1. The van der Waals surface area contributed by atoms with Gasteiger partial charge in [-0.3, -0.25) is 4.79 Å². The van der Waals surface area contributed by atoms with Crippen molar-refractivity contribution < 1.29 is 4.79 Å². The number of amides is 1. The molecule has 0 unspecified atom stereocenters. The number of nitrogens with two attached hydrogens (primary N) is 1. The maximum Gasteiger partial charge on any atom is 0.256 e. The SMILES string of the molecule is CCCc1ccnc(NC(=O)c2ccc(-c3nn([C@@H]4CCN(C)C4)c4ncnc(N)c34)cc2)c1. The zero-order valence-corrected chi connectivity index (χ0v) is 19.4. The van der Waals surface area contributed by atoms with Gasteiger partial charge in [0.25, 0.3) is 5.91 Å². The van der Waals surface area contributed by atoms with Crippen LogP contribution in [0.5, 0.6) is 0 Å². The summed E-state index contributed by atoms with van der Waals surface area (Å²) in [5.74, 6) is 0.744. The molecule has 3 aromatic heterocycles. The summed E-state index contributed by atoms with van der Waals surface area (Å²) < 4.78 is 1.97. The van der Waals surface area contributed by atoms with Crippen molar-refractivity contribution in [3.8, 4) is 11.3 Å². The Morgan fingerprint density at radius 1 is 1.18 bits per heavy atom. The molecule has 9 nitrogen and oxygen atoms in total. The van der Waals surface area contributed by atoms with E-state index in [1.165, 1.54) is 6.33 Å². The second kappa shape index (κ2) is 9.18. The molecule has 0 saturated carbocycles. The van der Waals surface area contributed by atoms with Crippen molar-refractivity contribution in [1.82, 2.24) is 29.6 Å². The summed E-state index contributed by atoms with van der Waals surface area (Å²) in [7, 11) is 2.11. The molecule has 34 heavy (non-hydrogen) atoms. The third-order valence-corrected chi connectivity index (χ3v) is 6.26. The van der Waals surface area contributed by atoms with Crippen molar-refractivity contribution in [1.29, 1.82) is 0 Å². The van der Waals surface area contributed by atoms with Gasteiger partial charge in [0.1, 0.15) is 23.7 Å². The second-order valence-electron chi connectivity index (χ2n) is 8.79. The largest absolute Gasteiger partial charge is 0.383 e. The number of aryl methyl sites for hydroxylation is 1. The van der Waals surface area contributed by atoms with E-state index in [1.54, 1.807) is 18.3 Å². The molecule has 0 aliphatic carbocycles. The Bertz CT molecular complexity index is 1330.